The van der Waals surface area contributed by atoms with E-state index in [4.69, 9.17) is 26.8 Å². The molecule has 0 heterocycles. The van der Waals surface area contributed by atoms with Crippen molar-refractivity contribution in [3.05, 3.63) is 65.2 Å². The quantitative estimate of drug-likeness (QED) is 0.482. The molecule has 0 aromatic heterocycles. The van der Waals surface area contributed by atoms with Gasteiger partial charge in [0.1, 0.15) is 11.9 Å². The largest absolute Gasteiger partial charge is 0.486 e. The van der Waals surface area contributed by atoms with Crippen LogP contribution in [0.4, 0.5) is 0 Å². The molecular weight excluding hydrogens is 346 g/mol. The number of nitrogens with two attached hydrogens (primary N) is 1. The number of carbonyl (C=O) groups excluding carboxylic acids is 2. The van der Waals surface area contributed by atoms with Crippen LogP contribution in [0.15, 0.2) is 54.6 Å². The summed E-state index contributed by atoms with van der Waals surface area (Å²) in [7, 11) is 1.09. The summed E-state index contributed by atoms with van der Waals surface area (Å²) in [6, 6.07) is 16.2. The fourth-order valence-electron chi connectivity index (χ4n) is 2.13. The average molecular weight is 364 g/mol. The molecule has 0 saturated carbocycles. The van der Waals surface area contributed by atoms with Crippen molar-refractivity contribution in [3.63, 3.8) is 0 Å². The molecule has 0 aliphatic heterocycles. The standard InChI is InChI=1S/C18H18ClNO5/c1-23-17(21)18(22)25-16(20)11-15(12-5-3-2-4-6-12)24-14-9-7-13(19)8-10-14/h2-10,15-16H,11,20H2,1H3. The van der Waals surface area contributed by atoms with E-state index in [0.29, 0.717) is 10.8 Å². The van der Waals surface area contributed by atoms with Gasteiger partial charge in [0.25, 0.3) is 0 Å². The highest BCUT2D eigenvalue weighted by molar-refractivity contribution is 6.30. The lowest BCUT2D eigenvalue weighted by atomic mass is 10.1. The smallest absolute Gasteiger partial charge is 0.419 e. The molecule has 0 aliphatic carbocycles. The Balaban J connectivity index is 2.10. The van der Waals surface area contributed by atoms with Gasteiger partial charge in [0, 0.05) is 11.4 Å². The fourth-order valence-corrected chi connectivity index (χ4v) is 2.25. The van der Waals surface area contributed by atoms with Gasteiger partial charge in [-0.15, -0.1) is 0 Å². The predicted octanol–water partition coefficient (Wildman–Crippen LogP) is 2.85. The van der Waals surface area contributed by atoms with E-state index < -0.39 is 24.3 Å². The van der Waals surface area contributed by atoms with Gasteiger partial charge in [-0.2, -0.15) is 0 Å². The Morgan fingerprint density at radius 1 is 1.04 bits per heavy atom. The van der Waals surface area contributed by atoms with Crippen LogP contribution in [0.1, 0.15) is 18.1 Å². The van der Waals surface area contributed by atoms with Gasteiger partial charge in [-0.3, -0.25) is 5.73 Å². The van der Waals surface area contributed by atoms with Crippen LogP contribution in [0.5, 0.6) is 5.75 Å². The third kappa shape index (κ3) is 5.77. The lowest BCUT2D eigenvalue weighted by molar-refractivity contribution is -0.169. The average Bonchev–Trinajstić information content (AvgIpc) is 2.62. The van der Waals surface area contributed by atoms with Crippen molar-refractivity contribution in [2.75, 3.05) is 7.11 Å². The number of rotatable bonds is 6. The molecule has 0 aliphatic rings. The zero-order valence-electron chi connectivity index (χ0n) is 13.6. The number of hydrogen-bond acceptors (Lipinski definition) is 6. The molecule has 2 atom stereocenters. The molecule has 0 saturated heterocycles. The number of benzene rings is 2. The zero-order valence-corrected chi connectivity index (χ0v) is 14.3. The zero-order chi connectivity index (χ0) is 18.2. The molecule has 0 spiro atoms. The molecule has 0 bridgehead atoms. The maximum absolute atomic E-state index is 11.5. The first-order valence-corrected chi connectivity index (χ1v) is 7.89. The van der Waals surface area contributed by atoms with Crippen LogP contribution in [0.25, 0.3) is 0 Å². The summed E-state index contributed by atoms with van der Waals surface area (Å²) < 4.78 is 15.1. The van der Waals surface area contributed by atoms with E-state index in [2.05, 4.69) is 4.74 Å². The Morgan fingerprint density at radius 2 is 1.68 bits per heavy atom. The van der Waals surface area contributed by atoms with Crippen molar-refractivity contribution in [3.8, 4) is 5.75 Å². The van der Waals surface area contributed by atoms with Crippen LogP contribution >= 0.6 is 11.6 Å². The van der Waals surface area contributed by atoms with Crippen molar-refractivity contribution < 1.29 is 23.8 Å². The minimum Gasteiger partial charge on any atom is -0.486 e. The van der Waals surface area contributed by atoms with Crippen LogP contribution in [0.3, 0.4) is 0 Å². The molecule has 132 valence electrons. The van der Waals surface area contributed by atoms with Crippen molar-refractivity contribution in [2.24, 2.45) is 5.73 Å². The summed E-state index contributed by atoms with van der Waals surface area (Å²) in [4.78, 5) is 22.6. The first kappa shape index (κ1) is 18.8. The van der Waals surface area contributed by atoms with Crippen molar-refractivity contribution in [2.45, 2.75) is 18.8 Å². The van der Waals surface area contributed by atoms with Gasteiger partial charge in [-0.1, -0.05) is 41.9 Å². The van der Waals surface area contributed by atoms with Crippen LogP contribution in [-0.4, -0.2) is 25.3 Å². The number of carbonyl (C=O) groups is 2. The highest BCUT2D eigenvalue weighted by Crippen LogP contribution is 2.27. The second-order valence-corrected chi connectivity index (χ2v) is 5.58. The molecule has 0 fully saturated rings. The van der Waals surface area contributed by atoms with E-state index in [1.54, 1.807) is 24.3 Å². The lowest BCUT2D eigenvalue weighted by Crippen LogP contribution is -2.33. The molecule has 2 rings (SSSR count). The van der Waals surface area contributed by atoms with E-state index in [9.17, 15) is 9.59 Å². The van der Waals surface area contributed by atoms with E-state index in [1.807, 2.05) is 30.3 Å². The number of esters is 2. The Kier molecular flexibility index (Phi) is 6.80. The third-order valence-corrected chi connectivity index (χ3v) is 3.57. The van der Waals surface area contributed by atoms with Crippen molar-refractivity contribution in [1.82, 2.24) is 0 Å². The van der Waals surface area contributed by atoms with Crippen molar-refractivity contribution >= 4 is 23.5 Å². The van der Waals surface area contributed by atoms with Gasteiger partial charge in [0.05, 0.1) is 7.11 Å². The molecule has 2 unspecified atom stereocenters. The Morgan fingerprint density at radius 3 is 2.28 bits per heavy atom. The fraction of sp³-hybridized carbons (Fsp3) is 0.222. The Bertz CT molecular complexity index is 705. The predicted molar refractivity (Wildman–Crippen MR) is 92.0 cm³/mol. The van der Waals surface area contributed by atoms with E-state index in [-0.39, 0.29) is 6.42 Å². The van der Waals surface area contributed by atoms with Gasteiger partial charge < -0.3 is 14.2 Å². The van der Waals surface area contributed by atoms with Crippen LogP contribution in [0, 0.1) is 0 Å². The molecule has 0 radical (unpaired) electrons. The molecule has 6 nitrogen and oxygen atoms in total. The summed E-state index contributed by atoms with van der Waals surface area (Å²) in [5.41, 5.74) is 6.68. The van der Waals surface area contributed by atoms with Crippen molar-refractivity contribution in [1.29, 1.82) is 0 Å². The van der Waals surface area contributed by atoms with E-state index in [1.165, 1.54) is 0 Å². The van der Waals surface area contributed by atoms with Gasteiger partial charge in [0.15, 0.2) is 6.23 Å². The number of hydrogen-bond donors (Lipinski definition) is 1. The highest BCUT2D eigenvalue weighted by Gasteiger charge is 2.24. The third-order valence-electron chi connectivity index (χ3n) is 3.32. The molecule has 7 heteroatoms. The molecule has 2 aromatic rings. The lowest BCUT2D eigenvalue weighted by Gasteiger charge is -2.22. The molecule has 25 heavy (non-hydrogen) atoms. The van der Waals surface area contributed by atoms with Gasteiger partial charge in [-0.05, 0) is 29.8 Å². The van der Waals surface area contributed by atoms with E-state index >= 15 is 0 Å². The second kappa shape index (κ2) is 9.05. The van der Waals surface area contributed by atoms with Gasteiger partial charge >= 0.3 is 11.9 Å². The summed E-state index contributed by atoms with van der Waals surface area (Å²) in [5.74, 6) is -1.66. The van der Waals surface area contributed by atoms with Gasteiger partial charge in [0.2, 0.25) is 0 Å². The normalized spacial score (nSPS) is 12.8. The number of ether oxygens (including phenoxy) is 3. The molecule has 0 amide bonds. The van der Waals surface area contributed by atoms with Crippen LogP contribution in [-0.2, 0) is 19.1 Å². The minimum absolute atomic E-state index is 0.148. The van der Waals surface area contributed by atoms with Gasteiger partial charge in [-0.25, -0.2) is 9.59 Å². The number of methoxy groups -OCH3 is 1. The summed E-state index contributed by atoms with van der Waals surface area (Å²) in [6.07, 6.45) is -1.37. The minimum atomic E-state index is -1.15. The molecule has 2 aromatic carbocycles. The van der Waals surface area contributed by atoms with Crippen LogP contribution < -0.4 is 10.5 Å². The second-order valence-electron chi connectivity index (χ2n) is 5.14. The van der Waals surface area contributed by atoms with E-state index in [0.717, 1.165) is 12.7 Å². The Labute approximate surface area is 150 Å². The Hall–Kier alpha value is -2.57. The summed E-state index contributed by atoms with van der Waals surface area (Å²) >= 11 is 5.87. The first-order chi connectivity index (χ1) is 12.0. The van der Waals surface area contributed by atoms with Crippen LogP contribution in [0.2, 0.25) is 5.02 Å². The maximum atomic E-state index is 11.5. The molecular formula is C18H18ClNO5. The number of halogens is 1. The highest BCUT2D eigenvalue weighted by atomic mass is 35.5. The summed E-state index contributed by atoms with van der Waals surface area (Å²) in [6.45, 7) is 0. The maximum Gasteiger partial charge on any atom is 0.419 e. The summed E-state index contributed by atoms with van der Waals surface area (Å²) in [5, 5.41) is 0.590. The monoisotopic (exact) mass is 363 g/mol. The molecule has 2 N–H and O–H groups in total. The topological polar surface area (TPSA) is 87.9 Å². The SMILES string of the molecule is COC(=O)C(=O)OC(N)CC(Oc1ccc(Cl)cc1)c1ccccc1. The first-order valence-electron chi connectivity index (χ1n) is 7.51.